The van der Waals surface area contributed by atoms with E-state index in [2.05, 4.69) is 10.1 Å². The smallest absolute Gasteiger partial charge is 0.266 e. The molecule has 0 saturated carbocycles. The van der Waals surface area contributed by atoms with E-state index in [1.807, 2.05) is 40.1 Å². The number of nitrogens with zero attached hydrogens (tertiary/aromatic N) is 4. The molecule has 25 heavy (non-hydrogen) atoms. The van der Waals surface area contributed by atoms with Crippen LogP contribution >= 0.6 is 0 Å². The summed E-state index contributed by atoms with van der Waals surface area (Å²) in [5.41, 5.74) is 1.15. The summed E-state index contributed by atoms with van der Waals surface area (Å²) in [6.45, 7) is 2.30. The molecular formula is C18H16F2N4O. The van der Waals surface area contributed by atoms with Crippen molar-refractivity contribution in [3.63, 3.8) is 0 Å². The molecule has 5 nitrogen and oxygen atoms in total. The zero-order chi connectivity index (χ0) is 17.2. The third-order valence-corrected chi connectivity index (χ3v) is 4.25. The van der Waals surface area contributed by atoms with Crippen molar-refractivity contribution in [2.75, 3.05) is 36.0 Å². The van der Waals surface area contributed by atoms with Gasteiger partial charge in [0.2, 0.25) is 0 Å². The summed E-state index contributed by atoms with van der Waals surface area (Å²) < 4.78 is 32.6. The maximum atomic E-state index is 13.9. The number of benzene rings is 2. The van der Waals surface area contributed by atoms with E-state index < -0.39 is 11.6 Å². The topological polar surface area (TPSA) is 45.4 Å². The normalized spacial score (nSPS) is 14.8. The third kappa shape index (κ3) is 3.17. The van der Waals surface area contributed by atoms with E-state index >= 15 is 0 Å². The van der Waals surface area contributed by atoms with Gasteiger partial charge in [-0.25, -0.2) is 8.78 Å². The molecule has 2 aromatic carbocycles. The molecular weight excluding hydrogens is 326 g/mol. The lowest BCUT2D eigenvalue weighted by Crippen LogP contribution is -2.47. The Morgan fingerprint density at radius 3 is 2.36 bits per heavy atom. The second-order valence-electron chi connectivity index (χ2n) is 5.84. The number of hydrogen-bond donors (Lipinski definition) is 0. The molecule has 0 N–H and O–H groups in total. The fraction of sp³-hybridized carbons (Fsp3) is 0.222. The number of hydrogen-bond acceptors (Lipinski definition) is 5. The number of aromatic nitrogens is 2. The predicted octanol–water partition coefficient (Wildman–Crippen LogP) is 3.34. The number of rotatable bonds is 3. The molecule has 0 spiro atoms. The maximum Gasteiger partial charge on any atom is 0.266 e. The van der Waals surface area contributed by atoms with Crippen LogP contribution in [0.3, 0.4) is 0 Å². The molecule has 7 heteroatoms. The van der Waals surface area contributed by atoms with Gasteiger partial charge in [0, 0.05) is 37.8 Å². The van der Waals surface area contributed by atoms with Gasteiger partial charge >= 0.3 is 0 Å². The van der Waals surface area contributed by atoms with Gasteiger partial charge < -0.3 is 14.3 Å². The second-order valence-corrected chi connectivity index (χ2v) is 5.84. The monoisotopic (exact) mass is 342 g/mol. The fourth-order valence-corrected chi connectivity index (χ4v) is 2.92. The van der Waals surface area contributed by atoms with Gasteiger partial charge in [0.25, 0.3) is 11.8 Å². The van der Waals surface area contributed by atoms with Gasteiger partial charge in [-0.2, -0.15) is 4.98 Å². The molecule has 0 radical (unpaired) electrons. The van der Waals surface area contributed by atoms with Crippen LogP contribution in [-0.2, 0) is 0 Å². The Morgan fingerprint density at radius 1 is 0.880 bits per heavy atom. The maximum absolute atomic E-state index is 13.9. The summed E-state index contributed by atoms with van der Waals surface area (Å²) >= 11 is 0. The van der Waals surface area contributed by atoms with Gasteiger partial charge in [-0.05, 0) is 29.4 Å². The Hall–Kier alpha value is -2.96. The van der Waals surface area contributed by atoms with Gasteiger partial charge in [0.1, 0.15) is 11.6 Å². The first kappa shape index (κ1) is 15.6. The van der Waals surface area contributed by atoms with Gasteiger partial charge in [0.15, 0.2) is 0 Å². The number of anilines is 2. The Balaban J connectivity index is 1.46. The summed E-state index contributed by atoms with van der Waals surface area (Å²) in [7, 11) is 0. The predicted molar refractivity (Wildman–Crippen MR) is 90.5 cm³/mol. The van der Waals surface area contributed by atoms with Crippen LogP contribution in [0.25, 0.3) is 11.5 Å². The second kappa shape index (κ2) is 6.51. The van der Waals surface area contributed by atoms with Crippen molar-refractivity contribution in [3.05, 3.63) is 60.2 Å². The van der Waals surface area contributed by atoms with Gasteiger partial charge in [-0.1, -0.05) is 18.2 Å². The Kier molecular flexibility index (Phi) is 4.05. The van der Waals surface area contributed by atoms with E-state index in [0.29, 0.717) is 38.0 Å². The molecule has 1 aliphatic heterocycles. The van der Waals surface area contributed by atoms with Crippen molar-refractivity contribution in [3.8, 4) is 11.5 Å². The average molecular weight is 342 g/mol. The molecule has 0 atom stereocenters. The Labute approximate surface area is 143 Å². The molecule has 2 heterocycles. The van der Waals surface area contributed by atoms with E-state index in [1.54, 1.807) is 0 Å². The van der Waals surface area contributed by atoms with E-state index in [1.165, 1.54) is 6.07 Å². The molecule has 1 saturated heterocycles. The van der Waals surface area contributed by atoms with Gasteiger partial charge in [0.05, 0.1) is 5.69 Å². The Morgan fingerprint density at radius 2 is 1.60 bits per heavy atom. The lowest BCUT2D eigenvalue weighted by Gasteiger charge is -2.35. The van der Waals surface area contributed by atoms with Gasteiger partial charge in [-0.3, -0.25) is 0 Å². The van der Waals surface area contributed by atoms with Crippen LogP contribution in [-0.4, -0.2) is 36.3 Å². The molecule has 1 fully saturated rings. The van der Waals surface area contributed by atoms with Crippen molar-refractivity contribution in [2.24, 2.45) is 0 Å². The minimum atomic E-state index is -0.440. The summed E-state index contributed by atoms with van der Waals surface area (Å²) in [4.78, 5) is 8.23. The molecule has 1 aliphatic rings. The van der Waals surface area contributed by atoms with Crippen molar-refractivity contribution >= 4 is 11.6 Å². The quantitative estimate of drug-likeness (QED) is 0.730. The first-order chi connectivity index (χ1) is 12.2. The summed E-state index contributed by atoms with van der Waals surface area (Å²) in [6, 6.07) is 13.1. The lowest BCUT2D eigenvalue weighted by molar-refractivity contribution is 0.428. The highest BCUT2D eigenvalue weighted by molar-refractivity contribution is 5.54. The van der Waals surface area contributed by atoms with Crippen LogP contribution in [0.15, 0.2) is 53.1 Å². The molecule has 0 amide bonds. The standard InChI is InChI=1S/C18H16F2N4O/c19-14-6-7-15(20)16(12-14)23-8-10-24(11-9-23)18-21-17(25-22-18)13-4-2-1-3-5-13/h1-7,12H,8-11H2. The lowest BCUT2D eigenvalue weighted by atomic mass is 10.2. The molecule has 0 bridgehead atoms. The van der Waals surface area contributed by atoms with Gasteiger partial charge in [-0.15, -0.1) is 0 Å². The van der Waals surface area contributed by atoms with Crippen molar-refractivity contribution in [1.82, 2.24) is 10.1 Å². The summed E-state index contributed by atoms with van der Waals surface area (Å²) in [6.07, 6.45) is 0. The SMILES string of the molecule is Fc1ccc(F)c(N2CCN(c3noc(-c4ccccc4)n3)CC2)c1. The first-order valence-corrected chi connectivity index (χ1v) is 8.05. The highest BCUT2D eigenvalue weighted by atomic mass is 19.1. The average Bonchev–Trinajstić information content (AvgIpc) is 3.15. The van der Waals surface area contributed by atoms with Crippen molar-refractivity contribution in [1.29, 1.82) is 0 Å². The molecule has 4 rings (SSSR count). The summed E-state index contributed by atoms with van der Waals surface area (Å²) in [5.74, 6) is 0.123. The highest BCUT2D eigenvalue weighted by Gasteiger charge is 2.23. The van der Waals surface area contributed by atoms with E-state index in [4.69, 9.17) is 4.52 Å². The van der Waals surface area contributed by atoms with Crippen LogP contribution in [0, 0.1) is 11.6 Å². The van der Waals surface area contributed by atoms with Crippen molar-refractivity contribution < 1.29 is 13.3 Å². The van der Waals surface area contributed by atoms with Crippen molar-refractivity contribution in [2.45, 2.75) is 0 Å². The minimum Gasteiger partial charge on any atom is -0.366 e. The van der Waals surface area contributed by atoms with E-state index in [0.717, 1.165) is 17.7 Å². The molecule has 0 unspecified atom stereocenters. The van der Waals surface area contributed by atoms with Crippen LogP contribution < -0.4 is 9.80 Å². The van der Waals surface area contributed by atoms with E-state index in [-0.39, 0.29) is 5.69 Å². The molecule has 3 aromatic rings. The number of halogens is 2. The van der Waals surface area contributed by atoms with Crippen LogP contribution in [0.4, 0.5) is 20.4 Å². The van der Waals surface area contributed by atoms with Crippen LogP contribution in [0.1, 0.15) is 0 Å². The highest BCUT2D eigenvalue weighted by Crippen LogP contribution is 2.24. The zero-order valence-electron chi connectivity index (χ0n) is 13.4. The van der Waals surface area contributed by atoms with E-state index in [9.17, 15) is 8.78 Å². The molecule has 0 aliphatic carbocycles. The van der Waals surface area contributed by atoms with Crippen LogP contribution in [0.5, 0.6) is 0 Å². The molecule has 128 valence electrons. The minimum absolute atomic E-state index is 0.290. The zero-order valence-corrected chi connectivity index (χ0v) is 13.4. The third-order valence-electron chi connectivity index (χ3n) is 4.25. The summed E-state index contributed by atoms with van der Waals surface area (Å²) in [5, 5.41) is 4.03. The number of piperazine rings is 1. The van der Waals surface area contributed by atoms with Crippen LogP contribution in [0.2, 0.25) is 0 Å². The Bertz CT molecular complexity index is 861. The largest absolute Gasteiger partial charge is 0.366 e. The first-order valence-electron chi connectivity index (χ1n) is 8.05. The molecule has 1 aromatic heterocycles. The fourth-order valence-electron chi connectivity index (χ4n) is 2.92.